The quantitative estimate of drug-likeness (QED) is 0.734. The maximum Gasteiger partial charge on any atom is 0.219 e. The summed E-state index contributed by atoms with van der Waals surface area (Å²) in [6.07, 6.45) is 3.86. The zero-order valence-electron chi connectivity index (χ0n) is 12.3. The summed E-state index contributed by atoms with van der Waals surface area (Å²) < 4.78 is 0.699. The highest BCUT2D eigenvalue weighted by Gasteiger charge is 2.28. The molecule has 0 unspecified atom stereocenters. The second-order valence-electron chi connectivity index (χ2n) is 5.46. The van der Waals surface area contributed by atoms with Crippen molar-refractivity contribution < 1.29 is 15.0 Å². The molecule has 1 aromatic carbocycles. The molecule has 0 heterocycles. The third-order valence-electron chi connectivity index (χ3n) is 4.15. The Morgan fingerprint density at radius 2 is 2.29 bits per heavy atom. The van der Waals surface area contributed by atoms with E-state index < -0.39 is 0 Å². The van der Waals surface area contributed by atoms with Gasteiger partial charge >= 0.3 is 0 Å². The normalized spacial score (nSPS) is 16.8. The van der Waals surface area contributed by atoms with Crippen molar-refractivity contribution in [3.05, 3.63) is 27.2 Å². The molecule has 1 aromatic rings. The van der Waals surface area contributed by atoms with E-state index in [4.69, 9.17) is 0 Å². The molecule has 1 aliphatic carbocycles. The van der Waals surface area contributed by atoms with Crippen molar-refractivity contribution in [1.29, 1.82) is 0 Å². The van der Waals surface area contributed by atoms with Crippen molar-refractivity contribution in [3.8, 4) is 5.75 Å². The number of hydrogen-bond donors (Lipinski definition) is 3. The first kappa shape index (κ1) is 16.3. The van der Waals surface area contributed by atoms with Gasteiger partial charge in [0.25, 0.3) is 0 Å². The minimum Gasteiger partial charge on any atom is -0.506 e. The van der Waals surface area contributed by atoms with E-state index >= 15 is 0 Å². The number of rotatable bonds is 6. The minimum atomic E-state index is 0.0236. The third-order valence-corrected chi connectivity index (χ3v) is 4.76. The second-order valence-corrected chi connectivity index (χ2v) is 6.31. The van der Waals surface area contributed by atoms with Crippen LogP contribution in [-0.4, -0.2) is 29.3 Å². The van der Waals surface area contributed by atoms with Crippen molar-refractivity contribution in [2.45, 2.75) is 44.9 Å². The molecule has 0 saturated heterocycles. The topological polar surface area (TPSA) is 69.6 Å². The molecular weight excluding hydrogens is 334 g/mol. The molecule has 1 atom stereocenters. The fraction of sp³-hybridized carbons (Fsp3) is 0.562. The largest absolute Gasteiger partial charge is 0.506 e. The molecular formula is C16H22BrNO3. The number of amides is 1. The number of aliphatic hydroxyl groups excluding tert-OH is 1. The van der Waals surface area contributed by atoms with Crippen LogP contribution in [0.3, 0.4) is 0 Å². The number of phenols is 1. The van der Waals surface area contributed by atoms with Crippen LogP contribution < -0.4 is 5.32 Å². The highest BCUT2D eigenvalue weighted by Crippen LogP contribution is 2.44. The molecule has 5 heteroatoms. The third kappa shape index (κ3) is 3.58. The van der Waals surface area contributed by atoms with Gasteiger partial charge in [0.05, 0.1) is 4.47 Å². The lowest BCUT2D eigenvalue weighted by Crippen LogP contribution is -2.24. The van der Waals surface area contributed by atoms with E-state index in [1.54, 1.807) is 0 Å². The van der Waals surface area contributed by atoms with Crippen molar-refractivity contribution in [3.63, 3.8) is 0 Å². The average Bonchev–Trinajstić information content (AvgIpc) is 2.86. The first-order valence-electron chi connectivity index (χ1n) is 7.49. The SMILES string of the molecule is CCC(=O)NCC[C@@H]1CCc2cc(Br)c(O)c(CCO)c21. The van der Waals surface area contributed by atoms with Gasteiger partial charge in [-0.05, 0) is 64.7 Å². The predicted octanol–water partition coefficient (Wildman–Crippen LogP) is 2.64. The first-order chi connectivity index (χ1) is 10.1. The minimum absolute atomic E-state index is 0.0236. The van der Waals surface area contributed by atoms with Crippen LogP contribution in [0.4, 0.5) is 0 Å². The molecule has 21 heavy (non-hydrogen) atoms. The molecule has 0 saturated carbocycles. The number of benzene rings is 1. The van der Waals surface area contributed by atoms with Gasteiger partial charge in [0, 0.05) is 25.1 Å². The van der Waals surface area contributed by atoms with Crippen molar-refractivity contribution in [1.82, 2.24) is 5.32 Å². The van der Waals surface area contributed by atoms with Crippen LogP contribution in [0.1, 0.15) is 48.8 Å². The molecule has 0 bridgehead atoms. The number of hydrogen-bond acceptors (Lipinski definition) is 3. The Kier molecular flexibility index (Phi) is 5.65. The molecule has 1 amide bonds. The summed E-state index contributed by atoms with van der Waals surface area (Å²) in [5, 5.41) is 22.4. The average molecular weight is 356 g/mol. The monoisotopic (exact) mass is 355 g/mol. The van der Waals surface area contributed by atoms with Crippen LogP contribution in [0.5, 0.6) is 5.75 Å². The smallest absolute Gasteiger partial charge is 0.219 e. The summed E-state index contributed by atoms with van der Waals surface area (Å²) in [4.78, 5) is 11.3. The standard InChI is InChI=1S/C16H22BrNO3/c1-2-14(20)18-7-5-10-3-4-11-9-13(17)16(21)12(6-8-19)15(10)11/h9-10,19,21H,2-8H2,1H3,(H,18,20)/t10-/m0/s1. The molecule has 116 valence electrons. The maximum absolute atomic E-state index is 11.3. The van der Waals surface area contributed by atoms with E-state index in [9.17, 15) is 15.0 Å². The molecule has 0 aromatic heterocycles. The molecule has 0 aliphatic heterocycles. The van der Waals surface area contributed by atoms with Crippen LogP contribution in [0.25, 0.3) is 0 Å². The van der Waals surface area contributed by atoms with Gasteiger partial charge in [-0.2, -0.15) is 0 Å². The predicted molar refractivity (Wildman–Crippen MR) is 85.6 cm³/mol. The number of fused-ring (bicyclic) bond motifs is 1. The Morgan fingerprint density at radius 1 is 1.52 bits per heavy atom. The fourth-order valence-corrected chi connectivity index (χ4v) is 3.63. The maximum atomic E-state index is 11.3. The Labute approximate surface area is 133 Å². The van der Waals surface area contributed by atoms with E-state index in [1.165, 1.54) is 11.1 Å². The Hall–Kier alpha value is -1.07. The highest BCUT2D eigenvalue weighted by molar-refractivity contribution is 9.10. The van der Waals surface area contributed by atoms with Crippen molar-refractivity contribution in [2.75, 3.05) is 13.2 Å². The summed E-state index contributed by atoms with van der Waals surface area (Å²) in [5.74, 6) is 0.660. The first-order valence-corrected chi connectivity index (χ1v) is 8.28. The van der Waals surface area contributed by atoms with Gasteiger partial charge in [-0.3, -0.25) is 4.79 Å². The lowest BCUT2D eigenvalue weighted by atomic mass is 9.91. The Morgan fingerprint density at radius 3 is 2.95 bits per heavy atom. The van der Waals surface area contributed by atoms with Gasteiger partial charge in [0.2, 0.25) is 5.91 Å². The molecule has 2 rings (SSSR count). The zero-order chi connectivity index (χ0) is 15.4. The summed E-state index contributed by atoms with van der Waals surface area (Å²) in [5.41, 5.74) is 3.27. The number of aromatic hydroxyl groups is 1. The number of nitrogens with one attached hydrogen (secondary N) is 1. The number of aryl methyl sites for hydroxylation is 1. The second kappa shape index (κ2) is 7.27. The van der Waals surface area contributed by atoms with Gasteiger partial charge in [-0.1, -0.05) is 6.92 Å². The molecule has 0 spiro atoms. The van der Waals surface area contributed by atoms with Crippen molar-refractivity contribution in [2.24, 2.45) is 0 Å². The summed E-state index contributed by atoms with van der Waals surface area (Å²) in [6, 6.07) is 1.98. The number of carbonyl (C=O) groups excluding carboxylic acids is 1. The summed E-state index contributed by atoms with van der Waals surface area (Å²) in [6.45, 7) is 2.52. The van der Waals surface area contributed by atoms with Gasteiger partial charge in [0.1, 0.15) is 5.75 Å². The summed E-state index contributed by atoms with van der Waals surface area (Å²) >= 11 is 3.38. The summed E-state index contributed by atoms with van der Waals surface area (Å²) in [7, 11) is 0. The molecule has 0 radical (unpaired) electrons. The van der Waals surface area contributed by atoms with E-state index in [0.29, 0.717) is 29.8 Å². The lowest BCUT2D eigenvalue weighted by molar-refractivity contribution is -0.120. The van der Waals surface area contributed by atoms with E-state index in [-0.39, 0.29) is 18.3 Å². The lowest BCUT2D eigenvalue weighted by Gasteiger charge is -2.18. The van der Waals surface area contributed by atoms with Crippen LogP contribution in [-0.2, 0) is 17.6 Å². The van der Waals surface area contributed by atoms with Gasteiger partial charge in [-0.25, -0.2) is 0 Å². The van der Waals surface area contributed by atoms with Gasteiger partial charge in [0.15, 0.2) is 0 Å². The van der Waals surface area contributed by atoms with Gasteiger partial charge < -0.3 is 15.5 Å². The van der Waals surface area contributed by atoms with Crippen molar-refractivity contribution >= 4 is 21.8 Å². The highest BCUT2D eigenvalue weighted by atomic mass is 79.9. The molecule has 0 fully saturated rings. The molecule has 4 nitrogen and oxygen atoms in total. The van der Waals surface area contributed by atoms with Crippen LogP contribution in [0.2, 0.25) is 0 Å². The molecule has 3 N–H and O–H groups in total. The number of aliphatic hydroxyl groups is 1. The van der Waals surface area contributed by atoms with Crippen LogP contribution >= 0.6 is 15.9 Å². The zero-order valence-corrected chi connectivity index (χ0v) is 13.9. The number of carbonyl (C=O) groups is 1. The van der Waals surface area contributed by atoms with E-state index in [2.05, 4.69) is 21.2 Å². The number of phenolic OH excluding ortho intramolecular Hbond substituents is 1. The number of halogens is 1. The van der Waals surface area contributed by atoms with Crippen LogP contribution in [0, 0.1) is 0 Å². The Bertz CT molecular complexity index is 531. The van der Waals surface area contributed by atoms with Gasteiger partial charge in [-0.15, -0.1) is 0 Å². The van der Waals surface area contributed by atoms with E-state index in [1.807, 2.05) is 13.0 Å². The fourth-order valence-electron chi connectivity index (χ4n) is 3.12. The van der Waals surface area contributed by atoms with Crippen LogP contribution in [0.15, 0.2) is 10.5 Å². The molecule has 1 aliphatic rings. The Balaban J connectivity index is 2.17. The van der Waals surface area contributed by atoms with E-state index in [0.717, 1.165) is 24.8 Å².